The van der Waals surface area contributed by atoms with E-state index in [9.17, 15) is 4.79 Å². The molecule has 1 aliphatic rings. The van der Waals surface area contributed by atoms with Crippen LogP contribution < -0.4 is 5.73 Å². The molecule has 4 nitrogen and oxygen atoms in total. The summed E-state index contributed by atoms with van der Waals surface area (Å²) in [7, 11) is 0. The summed E-state index contributed by atoms with van der Waals surface area (Å²) < 4.78 is 0. The number of carbonyl (C=O) groups excluding carboxylic acids is 1. The summed E-state index contributed by atoms with van der Waals surface area (Å²) in [6.07, 6.45) is 5.11. The number of amides is 1. The van der Waals surface area contributed by atoms with Crippen molar-refractivity contribution < 1.29 is 4.79 Å². The lowest BCUT2D eigenvalue weighted by Gasteiger charge is -2.36. The lowest BCUT2D eigenvalue weighted by Crippen LogP contribution is -2.44. The maximum atomic E-state index is 12.8. The Balaban J connectivity index is 2.15. The molecule has 2 rings (SSSR count). The van der Waals surface area contributed by atoms with Gasteiger partial charge >= 0.3 is 0 Å². The first-order valence-corrected chi connectivity index (χ1v) is 8.35. The Bertz CT molecular complexity index is 464. The molecule has 1 aromatic heterocycles. The molecule has 2 N–H and O–H groups in total. The Morgan fingerprint density at radius 3 is 2.50 bits per heavy atom. The lowest BCUT2D eigenvalue weighted by atomic mass is 9.90. The van der Waals surface area contributed by atoms with E-state index in [1.54, 1.807) is 0 Å². The van der Waals surface area contributed by atoms with Crippen molar-refractivity contribution >= 4 is 17.2 Å². The van der Waals surface area contributed by atoms with E-state index in [1.807, 2.05) is 13.8 Å². The zero-order valence-electron chi connectivity index (χ0n) is 12.7. The highest BCUT2D eigenvalue weighted by molar-refractivity contribution is 7.13. The summed E-state index contributed by atoms with van der Waals surface area (Å²) in [6, 6.07) is 0.668. The molecule has 0 aromatic carbocycles. The van der Waals surface area contributed by atoms with Gasteiger partial charge in [0.25, 0.3) is 5.91 Å². The van der Waals surface area contributed by atoms with Gasteiger partial charge in [0.1, 0.15) is 4.88 Å². The number of rotatable bonds is 4. The fraction of sp³-hybridized carbons (Fsp3) is 0.733. The van der Waals surface area contributed by atoms with Crippen molar-refractivity contribution in [2.75, 3.05) is 6.54 Å². The highest BCUT2D eigenvalue weighted by atomic mass is 32.1. The van der Waals surface area contributed by atoms with Crippen LogP contribution in [-0.2, 0) is 0 Å². The van der Waals surface area contributed by atoms with Gasteiger partial charge in [0.15, 0.2) is 0 Å². The van der Waals surface area contributed by atoms with Crippen molar-refractivity contribution in [3.05, 3.63) is 15.6 Å². The van der Waals surface area contributed by atoms with Gasteiger partial charge < -0.3 is 10.6 Å². The number of aromatic nitrogens is 1. The van der Waals surface area contributed by atoms with Crippen LogP contribution in [0.2, 0.25) is 0 Å². The summed E-state index contributed by atoms with van der Waals surface area (Å²) in [5.74, 6) is 0.162. The molecule has 0 unspecified atom stereocenters. The Labute approximate surface area is 125 Å². The minimum atomic E-state index is 0.162. The van der Waals surface area contributed by atoms with Crippen LogP contribution in [-0.4, -0.2) is 34.4 Å². The van der Waals surface area contributed by atoms with E-state index in [0.717, 1.165) is 54.2 Å². The number of aryl methyl sites for hydroxylation is 2. The standard InChI is InChI=1S/C15H25N3OS/c1-4-9-18(13-7-5-12(16)6-8-13)15(19)14-10(2)17-11(3)20-14/h12-13H,4-9,16H2,1-3H3. The summed E-state index contributed by atoms with van der Waals surface area (Å²) in [5.41, 5.74) is 6.84. The second-order valence-corrected chi connectivity index (χ2v) is 6.92. The monoisotopic (exact) mass is 295 g/mol. The molecule has 1 saturated carbocycles. The molecule has 0 atom stereocenters. The molecule has 20 heavy (non-hydrogen) atoms. The van der Waals surface area contributed by atoms with Gasteiger partial charge in [-0.1, -0.05) is 6.92 Å². The van der Waals surface area contributed by atoms with Gasteiger partial charge in [-0.2, -0.15) is 0 Å². The minimum Gasteiger partial charge on any atom is -0.335 e. The molecule has 1 fully saturated rings. The molecule has 1 aliphatic carbocycles. The number of hydrogen-bond donors (Lipinski definition) is 1. The molecule has 5 heteroatoms. The molecule has 0 aliphatic heterocycles. The normalized spacial score (nSPS) is 22.8. The molecule has 1 heterocycles. The third-order valence-corrected chi connectivity index (χ3v) is 5.07. The molecule has 0 radical (unpaired) electrons. The number of carbonyl (C=O) groups is 1. The zero-order valence-corrected chi connectivity index (χ0v) is 13.5. The van der Waals surface area contributed by atoms with Crippen LogP contribution in [0.3, 0.4) is 0 Å². The smallest absolute Gasteiger partial charge is 0.266 e. The second kappa shape index (κ2) is 6.68. The van der Waals surface area contributed by atoms with Crippen LogP contribution in [0.4, 0.5) is 0 Å². The van der Waals surface area contributed by atoms with Gasteiger partial charge in [0, 0.05) is 18.6 Å². The average Bonchev–Trinajstić information content (AvgIpc) is 2.75. The summed E-state index contributed by atoms with van der Waals surface area (Å²) in [4.78, 5) is 20.1. The number of hydrogen-bond acceptors (Lipinski definition) is 4. The van der Waals surface area contributed by atoms with Gasteiger partial charge in [-0.3, -0.25) is 4.79 Å². The molecule has 0 saturated heterocycles. The van der Waals surface area contributed by atoms with Crippen LogP contribution in [0.15, 0.2) is 0 Å². The Kier molecular flexibility index (Phi) is 5.16. The van der Waals surface area contributed by atoms with Gasteiger partial charge in [-0.15, -0.1) is 11.3 Å². The van der Waals surface area contributed by atoms with E-state index in [2.05, 4.69) is 16.8 Å². The van der Waals surface area contributed by atoms with E-state index in [1.165, 1.54) is 11.3 Å². The van der Waals surface area contributed by atoms with Crippen LogP contribution in [0, 0.1) is 13.8 Å². The number of thiazole rings is 1. The quantitative estimate of drug-likeness (QED) is 0.929. The van der Waals surface area contributed by atoms with Gasteiger partial charge in [-0.25, -0.2) is 4.98 Å². The van der Waals surface area contributed by atoms with E-state index >= 15 is 0 Å². The predicted octanol–water partition coefficient (Wildman–Crippen LogP) is 2.88. The Hall–Kier alpha value is -0.940. The zero-order chi connectivity index (χ0) is 14.7. The number of nitrogens with zero attached hydrogens (tertiary/aromatic N) is 2. The van der Waals surface area contributed by atoms with Crippen molar-refractivity contribution in [1.29, 1.82) is 0 Å². The molecule has 1 aromatic rings. The lowest BCUT2D eigenvalue weighted by molar-refractivity contribution is 0.0631. The van der Waals surface area contributed by atoms with E-state index in [-0.39, 0.29) is 5.91 Å². The van der Waals surface area contributed by atoms with Crippen LogP contribution in [0.1, 0.15) is 59.4 Å². The first kappa shape index (κ1) is 15.4. The summed E-state index contributed by atoms with van der Waals surface area (Å²) in [5, 5.41) is 0.966. The fourth-order valence-corrected chi connectivity index (χ4v) is 3.84. The summed E-state index contributed by atoms with van der Waals surface area (Å²) in [6.45, 7) is 6.84. The van der Waals surface area contributed by atoms with Crippen molar-refractivity contribution in [2.45, 2.75) is 65.0 Å². The summed E-state index contributed by atoms with van der Waals surface area (Å²) >= 11 is 1.51. The fourth-order valence-electron chi connectivity index (χ4n) is 2.96. The third kappa shape index (κ3) is 3.38. The van der Waals surface area contributed by atoms with Gasteiger partial charge in [0.05, 0.1) is 10.7 Å². The minimum absolute atomic E-state index is 0.162. The average molecular weight is 295 g/mol. The van der Waals surface area contributed by atoms with Crippen molar-refractivity contribution in [3.8, 4) is 0 Å². The highest BCUT2D eigenvalue weighted by Crippen LogP contribution is 2.26. The number of nitrogens with two attached hydrogens (primary N) is 1. The Morgan fingerprint density at radius 1 is 1.35 bits per heavy atom. The molecular weight excluding hydrogens is 270 g/mol. The molecule has 112 valence electrons. The second-order valence-electron chi connectivity index (χ2n) is 5.71. The van der Waals surface area contributed by atoms with E-state index < -0.39 is 0 Å². The van der Waals surface area contributed by atoms with Crippen LogP contribution in [0.25, 0.3) is 0 Å². The van der Waals surface area contributed by atoms with E-state index in [0.29, 0.717) is 12.1 Å². The maximum Gasteiger partial charge on any atom is 0.266 e. The van der Waals surface area contributed by atoms with Gasteiger partial charge in [-0.05, 0) is 46.0 Å². The molecule has 1 amide bonds. The van der Waals surface area contributed by atoms with Crippen molar-refractivity contribution in [3.63, 3.8) is 0 Å². The Morgan fingerprint density at radius 2 is 2.00 bits per heavy atom. The molecule has 0 spiro atoms. The highest BCUT2D eigenvalue weighted by Gasteiger charge is 2.29. The van der Waals surface area contributed by atoms with Gasteiger partial charge in [0.2, 0.25) is 0 Å². The van der Waals surface area contributed by atoms with Crippen molar-refractivity contribution in [1.82, 2.24) is 9.88 Å². The first-order chi connectivity index (χ1) is 9.52. The SMILES string of the molecule is CCCN(C(=O)c1sc(C)nc1C)C1CCC(N)CC1. The molecular formula is C15H25N3OS. The third-order valence-electron chi connectivity index (χ3n) is 4.01. The van der Waals surface area contributed by atoms with Crippen LogP contribution >= 0.6 is 11.3 Å². The first-order valence-electron chi connectivity index (χ1n) is 7.53. The molecule has 0 bridgehead atoms. The topological polar surface area (TPSA) is 59.2 Å². The largest absolute Gasteiger partial charge is 0.335 e. The van der Waals surface area contributed by atoms with Crippen molar-refractivity contribution in [2.24, 2.45) is 5.73 Å². The van der Waals surface area contributed by atoms with Crippen LogP contribution in [0.5, 0.6) is 0 Å². The maximum absolute atomic E-state index is 12.8. The predicted molar refractivity (Wildman–Crippen MR) is 83.1 cm³/mol. The van der Waals surface area contributed by atoms with E-state index in [4.69, 9.17) is 5.73 Å².